The predicted octanol–water partition coefficient (Wildman–Crippen LogP) is 4.71. The highest BCUT2D eigenvalue weighted by atomic mass is 79.9. The van der Waals surface area contributed by atoms with Crippen molar-refractivity contribution in [3.8, 4) is 17.3 Å². The van der Waals surface area contributed by atoms with Gasteiger partial charge in [-0.05, 0) is 29.8 Å². The van der Waals surface area contributed by atoms with Crippen LogP contribution in [-0.2, 0) is 4.74 Å². The van der Waals surface area contributed by atoms with Gasteiger partial charge in [-0.1, -0.05) is 51.8 Å². The third-order valence-corrected chi connectivity index (χ3v) is 5.40. The summed E-state index contributed by atoms with van der Waals surface area (Å²) >= 11 is 9.49. The minimum atomic E-state index is 0.302. The van der Waals surface area contributed by atoms with Crippen LogP contribution in [0.2, 0.25) is 5.02 Å². The molecule has 0 amide bonds. The first-order valence-corrected chi connectivity index (χ1v) is 10.8. The van der Waals surface area contributed by atoms with Crippen LogP contribution < -0.4 is 10.3 Å². The molecule has 2 aromatic carbocycles. The number of nitrogens with one attached hydrogen (secondary N) is 1. The van der Waals surface area contributed by atoms with Crippen molar-refractivity contribution in [2.45, 2.75) is 0 Å². The zero-order chi connectivity index (χ0) is 21.6. The maximum absolute atomic E-state index is 9.92. The monoisotopic (exact) mass is 496 g/mol. The lowest BCUT2D eigenvalue weighted by Gasteiger charge is -2.29. The van der Waals surface area contributed by atoms with Crippen LogP contribution in [0.25, 0.3) is 11.3 Å². The van der Waals surface area contributed by atoms with Gasteiger partial charge in [-0.2, -0.15) is 15.3 Å². The number of benzene rings is 2. The molecule has 0 atom stereocenters. The van der Waals surface area contributed by atoms with Crippen LogP contribution in [0.5, 0.6) is 0 Å². The van der Waals surface area contributed by atoms with E-state index in [-0.39, 0.29) is 0 Å². The van der Waals surface area contributed by atoms with Crippen molar-refractivity contribution < 1.29 is 4.74 Å². The molecule has 7 nitrogen and oxygen atoms in total. The first kappa shape index (κ1) is 21.2. The van der Waals surface area contributed by atoms with E-state index in [1.54, 1.807) is 18.3 Å². The first-order chi connectivity index (χ1) is 15.1. The van der Waals surface area contributed by atoms with E-state index in [1.807, 2.05) is 41.3 Å². The lowest BCUT2D eigenvalue weighted by atomic mass is 10.1. The minimum Gasteiger partial charge on any atom is -0.378 e. The van der Waals surface area contributed by atoms with E-state index < -0.39 is 0 Å². The second-order valence-corrected chi connectivity index (χ2v) is 8.09. The Balaban J connectivity index is 1.72. The Hall–Kier alpha value is -2.99. The second-order valence-electron chi connectivity index (χ2n) is 6.74. The molecule has 1 aliphatic rings. The second kappa shape index (κ2) is 9.88. The summed E-state index contributed by atoms with van der Waals surface area (Å²) in [5.41, 5.74) is 5.53. The highest BCUT2D eigenvalue weighted by Gasteiger charge is 2.22. The molecule has 4 rings (SSSR count). The molecule has 2 heterocycles. The van der Waals surface area contributed by atoms with Gasteiger partial charge < -0.3 is 9.64 Å². The third kappa shape index (κ3) is 5.20. The molecule has 1 fully saturated rings. The van der Waals surface area contributed by atoms with Crippen molar-refractivity contribution in [1.82, 2.24) is 9.97 Å². The molecule has 0 saturated carbocycles. The largest absolute Gasteiger partial charge is 0.378 e. The van der Waals surface area contributed by atoms with Crippen LogP contribution in [0.1, 0.15) is 11.1 Å². The molecule has 9 heteroatoms. The zero-order valence-corrected chi connectivity index (χ0v) is 18.8. The molecule has 0 spiro atoms. The third-order valence-electron chi connectivity index (χ3n) is 4.66. The molecule has 1 N–H and O–H groups in total. The first-order valence-electron chi connectivity index (χ1n) is 9.59. The van der Waals surface area contributed by atoms with Gasteiger partial charge in [-0.25, -0.2) is 10.4 Å². The number of halogens is 2. The molecule has 0 bridgehead atoms. The van der Waals surface area contributed by atoms with E-state index in [4.69, 9.17) is 16.3 Å². The van der Waals surface area contributed by atoms with Crippen molar-refractivity contribution in [3.63, 3.8) is 0 Å². The Morgan fingerprint density at radius 3 is 2.65 bits per heavy atom. The number of nitriles is 1. The van der Waals surface area contributed by atoms with E-state index in [0.717, 1.165) is 15.6 Å². The fraction of sp³-hybridized carbons (Fsp3) is 0.182. The molecule has 1 saturated heterocycles. The van der Waals surface area contributed by atoms with Gasteiger partial charge in [0.05, 0.1) is 25.1 Å². The lowest BCUT2D eigenvalue weighted by molar-refractivity contribution is 0.122. The van der Waals surface area contributed by atoms with Gasteiger partial charge in [-0.15, -0.1) is 0 Å². The topological polar surface area (TPSA) is 86.4 Å². The molecular formula is C22H18BrClN6O. The molecule has 31 heavy (non-hydrogen) atoms. The van der Waals surface area contributed by atoms with Gasteiger partial charge in [0.2, 0.25) is 5.95 Å². The summed E-state index contributed by atoms with van der Waals surface area (Å²) in [6.07, 6.45) is 1.68. The van der Waals surface area contributed by atoms with Crippen LogP contribution in [0.4, 0.5) is 11.8 Å². The predicted molar refractivity (Wildman–Crippen MR) is 126 cm³/mol. The van der Waals surface area contributed by atoms with Crippen LogP contribution in [0.3, 0.4) is 0 Å². The Kier molecular flexibility index (Phi) is 6.77. The van der Waals surface area contributed by atoms with Gasteiger partial charge in [-0.3, -0.25) is 0 Å². The number of ether oxygens (including phenoxy) is 1. The molecule has 1 aliphatic heterocycles. The van der Waals surface area contributed by atoms with Gasteiger partial charge in [0, 0.05) is 28.1 Å². The summed E-state index contributed by atoms with van der Waals surface area (Å²) in [6.45, 7) is 2.45. The Bertz CT molecular complexity index is 1140. The van der Waals surface area contributed by atoms with E-state index in [2.05, 4.69) is 42.5 Å². The molecule has 0 unspecified atom stereocenters. The number of hydrazone groups is 1. The molecule has 3 aromatic rings. The van der Waals surface area contributed by atoms with E-state index in [0.29, 0.717) is 54.3 Å². The van der Waals surface area contributed by atoms with Crippen LogP contribution in [-0.4, -0.2) is 42.5 Å². The number of hydrogen-bond donors (Lipinski definition) is 1. The van der Waals surface area contributed by atoms with Gasteiger partial charge in [0.25, 0.3) is 0 Å². The van der Waals surface area contributed by atoms with Crippen molar-refractivity contribution in [2.75, 3.05) is 36.6 Å². The number of anilines is 2. The standard InChI is InChI=1S/C22H18BrClN6O/c23-17-3-1-2-15(12-17)14-26-29-22-27-20(16-4-6-18(24)7-5-16)19(13-25)21(28-22)30-8-10-31-11-9-30/h1-7,12,14H,8-11H2,(H,27,28,29)/b26-14+. The minimum absolute atomic E-state index is 0.302. The molecule has 0 radical (unpaired) electrons. The number of aromatic nitrogens is 2. The summed E-state index contributed by atoms with van der Waals surface area (Å²) in [6, 6.07) is 17.3. The fourth-order valence-corrected chi connectivity index (χ4v) is 3.72. The lowest BCUT2D eigenvalue weighted by Crippen LogP contribution is -2.37. The van der Waals surface area contributed by atoms with Gasteiger partial charge in [0.15, 0.2) is 5.82 Å². The highest BCUT2D eigenvalue weighted by molar-refractivity contribution is 9.10. The van der Waals surface area contributed by atoms with Crippen molar-refractivity contribution >= 4 is 45.5 Å². The maximum atomic E-state index is 9.92. The summed E-state index contributed by atoms with van der Waals surface area (Å²) < 4.78 is 6.41. The van der Waals surface area contributed by atoms with Crippen LogP contribution >= 0.6 is 27.5 Å². The molecule has 1 aromatic heterocycles. The maximum Gasteiger partial charge on any atom is 0.246 e. The summed E-state index contributed by atoms with van der Waals surface area (Å²) in [7, 11) is 0. The van der Waals surface area contributed by atoms with Crippen molar-refractivity contribution in [1.29, 1.82) is 5.26 Å². The Labute approximate surface area is 193 Å². The summed E-state index contributed by atoms with van der Waals surface area (Å²) in [5.74, 6) is 0.864. The fourth-order valence-electron chi connectivity index (χ4n) is 3.17. The molecule has 156 valence electrons. The summed E-state index contributed by atoms with van der Waals surface area (Å²) in [4.78, 5) is 11.2. The Morgan fingerprint density at radius 1 is 1.16 bits per heavy atom. The van der Waals surface area contributed by atoms with E-state index in [1.165, 1.54) is 0 Å². The van der Waals surface area contributed by atoms with Gasteiger partial charge in [0.1, 0.15) is 11.6 Å². The van der Waals surface area contributed by atoms with Crippen molar-refractivity contribution in [2.24, 2.45) is 5.10 Å². The molecular weight excluding hydrogens is 480 g/mol. The zero-order valence-electron chi connectivity index (χ0n) is 16.4. The number of rotatable bonds is 5. The van der Waals surface area contributed by atoms with Crippen LogP contribution in [0.15, 0.2) is 58.1 Å². The van der Waals surface area contributed by atoms with E-state index in [9.17, 15) is 5.26 Å². The van der Waals surface area contributed by atoms with Gasteiger partial charge >= 0.3 is 0 Å². The number of morpholine rings is 1. The number of hydrogen-bond acceptors (Lipinski definition) is 7. The average Bonchev–Trinajstić information content (AvgIpc) is 2.80. The normalized spacial score (nSPS) is 13.9. The molecule has 0 aliphatic carbocycles. The summed E-state index contributed by atoms with van der Waals surface area (Å²) in [5, 5.41) is 14.8. The smallest absolute Gasteiger partial charge is 0.246 e. The van der Waals surface area contributed by atoms with Crippen molar-refractivity contribution in [3.05, 3.63) is 69.2 Å². The quantitative estimate of drug-likeness (QED) is 0.406. The van der Waals surface area contributed by atoms with Crippen LogP contribution in [0, 0.1) is 11.3 Å². The Morgan fingerprint density at radius 2 is 1.94 bits per heavy atom. The number of nitrogens with zero attached hydrogens (tertiary/aromatic N) is 5. The van der Waals surface area contributed by atoms with E-state index >= 15 is 0 Å². The highest BCUT2D eigenvalue weighted by Crippen LogP contribution is 2.30. The SMILES string of the molecule is N#Cc1c(-c2ccc(Cl)cc2)nc(N/N=C/c2cccc(Br)c2)nc1N1CCOCC1. The average molecular weight is 498 g/mol.